The van der Waals surface area contributed by atoms with Crippen LogP contribution in [0.5, 0.6) is 5.75 Å². The molecule has 0 fully saturated rings. The third kappa shape index (κ3) is 5.10. The number of carbonyl (C=O) groups excluding carboxylic acids is 1. The van der Waals surface area contributed by atoms with Crippen LogP contribution in [0, 0.1) is 13.8 Å². The minimum atomic E-state index is -0.220. The number of aromatic nitrogens is 2. The standard InChI is InChI=1S/C24H21Cl2N3O3S2/c1-4-32-17-8-5-15(6-9-17)27-20(30)12-33-24-28-22-21(13(2)14(3)34-22)23(31)29(24)16-7-10-18(25)19(26)11-16/h5-11H,4,12H2,1-3H3,(H,27,30). The van der Waals surface area contributed by atoms with Crippen LogP contribution < -0.4 is 15.6 Å². The highest BCUT2D eigenvalue weighted by Gasteiger charge is 2.19. The molecule has 176 valence electrons. The molecule has 6 nitrogen and oxygen atoms in total. The Morgan fingerprint density at radius 2 is 1.88 bits per heavy atom. The zero-order chi connectivity index (χ0) is 24.4. The molecule has 4 rings (SSSR count). The number of nitrogens with zero attached hydrogens (tertiary/aromatic N) is 2. The topological polar surface area (TPSA) is 73.2 Å². The van der Waals surface area contributed by atoms with Crippen LogP contribution >= 0.6 is 46.3 Å². The lowest BCUT2D eigenvalue weighted by atomic mass is 10.2. The summed E-state index contributed by atoms with van der Waals surface area (Å²) in [7, 11) is 0. The van der Waals surface area contributed by atoms with Crippen LogP contribution in [0.3, 0.4) is 0 Å². The van der Waals surface area contributed by atoms with Crippen LogP contribution in [0.4, 0.5) is 5.69 Å². The predicted octanol–water partition coefficient (Wildman–Crippen LogP) is 6.50. The maximum absolute atomic E-state index is 13.5. The molecule has 0 spiro atoms. The number of thiophene rings is 1. The molecule has 0 saturated carbocycles. The van der Waals surface area contributed by atoms with E-state index in [0.29, 0.717) is 43.4 Å². The van der Waals surface area contributed by atoms with Crippen molar-refractivity contribution in [1.82, 2.24) is 9.55 Å². The van der Waals surface area contributed by atoms with E-state index in [1.165, 1.54) is 27.7 Å². The summed E-state index contributed by atoms with van der Waals surface area (Å²) < 4.78 is 6.91. The molecule has 0 aliphatic heterocycles. The third-order valence-corrected chi connectivity index (χ3v) is 7.89. The quantitative estimate of drug-likeness (QED) is 0.217. The number of nitrogens with one attached hydrogen (secondary N) is 1. The highest BCUT2D eigenvalue weighted by atomic mass is 35.5. The molecule has 1 amide bonds. The van der Waals surface area contributed by atoms with Gasteiger partial charge in [0.2, 0.25) is 5.91 Å². The highest BCUT2D eigenvalue weighted by Crippen LogP contribution is 2.31. The van der Waals surface area contributed by atoms with Crippen molar-refractivity contribution in [3.63, 3.8) is 0 Å². The van der Waals surface area contributed by atoms with E-state index >= 15 is 0 Å². The average Bonchev–Trinajstić information content (AvgIpc) is 3.09. The van der Waals surface area contributed by atoms with Crippen molar-refractivity contribution in [2.24, 2.45) is 0 Å². The normalized spacial score (nSPS) is 11.1. The SMILES string of the molecule is CCOc1ccc(NC(=O)CSc2nc3sc(C)c(C)c3c(=O)n2-c2ccc(Cl)c(Cl)c2)cc1. The Bertz CT molecular complexity index is 1430. The van der Waals surface area contributed by atoms with Gasteiger partial charge in [0.05, 0.1) is 33.5 Å². The molecule has 0 radical (unpaired) electrons. The first kappa shape index (κ1) is 24.6. The largest absolute Gasteiger partial charge is 0.494 e. The van der Waals surface area contributed by atoms with Gasteiger partial charge < -0.3 is 10.1 Å². The minimum Gasteiger partial charge on any atom is -0.494 e. The van der Waals surface area contributed by atoms with Crippen molar-refractivity contribution in [3.05, 3.63) is 73.3 Å². The molecule has 0 aliphatic rings. The Hall–Kier alpha value is -2.52. The number of hydrogen-bond donors (Lipinski definition) is 1. The number of anilines is 1. The summed E-state index contributed by atoms with van der Waals surface area (Å²) >= 11 is 14.9. The van der Waals surface area contributed by atoms with Gasteiger partial charge in [-0.05, 0) is 68.8 Å². The van der Waals surface area contributed by atoms with Crippen molar-refractivity contribution >= 4 is 68.1 Å². The fourth-order valence-corrected chi connectivity index (χ4v) is 5.53. The molecule has 0 bridgehead atoms. The first-order valence-corrected chi connectivity index (χ1v) is 13.0. The summed E-state index contributed by atoms with van der Waals surface area (Å²) in [6.07, 6.45) is 0. The zero-order valence-corrected chi connectivity index (χ0v) is 21.8. The summed E-state index contributed by atoms with van der Waals surface area (Å²) in [5, 5.41) is 4.54. The molecule has 0 saturated heterocycles. The maximum Gasteiger partial charge on any atom is 0.267 e. The maximum atomic E-state index is 13.5. The number of hydrogen-bond acceptors (Lipinski definition) is 6. The summed E-state index contributed by atoms with van der Waals surface area (Å²) in [6.45, 7) is 6.35. The predicted molar refractivity (Wildman–Crippen MR) is 142 cm³/mol. The van der Waals surface area contributed by atoms with Gasteiger partial charge in [0, 0.05) is 10.6 Å². The van der Waals surface area contributed by atoms with Crippen LogP contribution in [0.25, 0.3) is 15.9 Å². The van der Waals surface area contributed by atoms with E-state index in [1.54, 1.807) is 42.5 Å². The number of halogens is 2. The third-order valence-electron chi connectivity index (χ3n) is 5.11. The van der Waals surface area contributed by atoms with Gasteiger partial charge in [-0.15, -0.1) is 11.3 Å². The molecule has 0 aliphatic carbocycles. The van der Waals surface area contributed by atoms with E-state index < -0.39 is 0 Å². The zero-order valence-electron chi connectivity index (χ0n) is 18.6. The Balaban J connectivity index is 1.65. The van der Waals surface area contributed by atoms with Gasteiger partial charge in [-0.25, -0.2) is 4.98 Å². The van der Waals surface area contributed by atoms with E-state index in [9.17, 15) is 9.59 Å². The smallest absolute Gasteiger partial charge is 0.267 e. The van der Waals surface area contributed by atoms with Gasteiger partial charge in [-0.1, -0.05) is 35.0 Å². The van der Waals surface area contributed by atoms with E-state index in [0.717, 1.165) is 16.2 Å². The molecule has 2 aromatic carbocycles. The van der Waals surface area contributed by atoms with Crippen LogP contribution in [-0.2, 0) is 4.79 Å². The molecule has 2 heterocycles. The Labute approximate surface area is 214 Å². The number of aryl methyl sites for hydroxylation is 2. The summed E-state index contributed by atoms with van der Waals surface area (Å²) in [5.74, 6) is 0.581. The second kappa shape index (κ2) is 10.4. The van der Waals surface area contributed by atoms with Gasteiger partial charge in [-0.3, -0.25) is 14.2 Å². The van der Waals surface area contributed by atoms with E-state index in [2.05, 4.69) is 5.32 Å². The highest BCUT2D eigenvalue weighted by molar-refractivity contribution is 7.99. The summed E-state index contributed by atoms with van der Waals surface area (Å²) in [4.78, 5) is 32.6. The van der Waals surface area contributed by atoms with Crippen molar-refractivity contribution < 1.29 is 9.53 Å². The molecule has 0 atom stereocenters. The lowest BCUT2D eigenvalue weighted by molar-refractivity contribution is -0.113. The molecule has 0 unspecified atom stereocenters. The Morgan fingerprint density at radius 1 is 1.15 bits per heavy atom. The van der Waals surface area contributed by atoms with Gasteiger partial charge in [0.25, 0.3) is 5.56 Å². The van der Waals surface area contributed by atoms with Gasteiger partial charge in [0.1, 0.15) is 10.6 Å². The average molecular weight is 534 g/mol. The molecule has 1 N–H and O–H groups in total. The summed E-state index contributed by atoms with van der Waals surface area (Å²) in [5.41, 5.74) is 1.88. The van der Waals surface area contributed by atoms with Gasteiger partial charge in [0.15, 0.2) is 5.16 Å². The van der Waals surface area contributed by atoms with Crippen LogP contribution in [0.2, 0.25) is 10.0 Å². The van der Waals surface area contributed by atoms with Crippen molar-refractivity contribution in [3.8, 4) is 11.4 Å². The number of amides is 1. The lowest BCUT2D eigenvalue weighted by Crippen LogP contribution is -2.23. The van der Waals surface area contributed by atoms with E-state index in [-0.39, 0.29) is 17.2 Å². The number of ether oxygens (including phenoxy) is 1. The Kier molecular flexibility index (Phi) is 7.52. The number of benzene rings is 2. The van der Waals surface area contributed by atoms with Gasteiger partial charge >= 0.3 is 0 Å². The monoisotopic (exact) mass is 533 g/mol. The second-order valence-electron chi connectivity index (χ2n) is 7.39. The molecule has 4 aromatic rings. The van der Waals surface area contributed by atoms with E-state index in [4.69, 9.17) is 32.9 Å². The van der Waals surface area contributed by atoms with Gasteiger partial charge in [-0.2, -0.15) is 0 Å². The van der Waals surface area contributed by atoms with Crippen LogP contribution in [-0.4, -0.2) is 27.8 Å². The molecular formula is C24H21Cl2N3O3S2. The fourth-order valence-electron chi connectivity index (χ4n) is 3.35. The Morgan fingerprint density at radius 3 is 2.56 bits per heavy atom. The summed E-state index contributed by atoms with van der Waals surface area (Å²) in [6, 6.07) is 12.1. The number of fused-ring (bicyclic) bond motifs is 1. The molecule has 2 aromatic heterocycles. The molecule has 10 heteroatoms. The first-order chi connectivity index (χ1) is 16.3. The fraction of sp³-hybridized carbons (Fsp3) is 0.208. The number of carbonyl (C=O) groups is 1. The molecular weight excluding hydrogens is 513 g/mol. The molecule has 34 heavy (non-hydrogen) atoms. The van der Waals surface area contributed by atoms with Crippen LogP contribution in [0.1, 0.15) is 17.4 Å². The van der Waals surface area contributed by atoms with Crippen LogP contribution in [0.15, 0.2) is 52.4 Å². The first-order valence-electron chi connectivity index (χ1n) is 10.4. The number of rotatable bonds is 7. The minimum absolute atomic E-state index is 0.0653. The van der Waals surface area contributed by atoms with E-state index in [1.807, 2.05) is 20.8 Å². The number of thioether (sulfide) groups is 1. The van der Waals surface area contributed by atoms with Crippen molar-refractivity contribution in [2.45, 2.75) is 25.9 Å². The lowest BCUT2D eigenvalue weighted by Gasteiger charge is -2.13. The second-order valence-corrected chi connectivity index (χ2v) is 10.4. The van der Waals surface area contributed by atoms with Crippen molar-refractivity contribution in [2.75, 3.05) is 17.7 Å². The van der Waals surface area contributed by atoms with Crippen molar-refractivity contribution in [1.29, 1.82) is 0 Å².